The Hall–Kier alpha value is -4.43. The van der Waals surface area contributed by atoms with Crippen LogP contribution in [0.15, 0.2) is 71.7 Å². The SMILES string of the molecule is CCOC(=O)CCc1cccc(C(=Nc2ccc(CCN(C)C)cc2)c2c(O)[nH]c3cc(C(=O)OC)ccc23)c1. The van der Waals surface area contributed by atoms with Crippen molar-refractivity contribution in [3.63, 3.8) is 0 Å². The molecule has 0 fully saturated rings. The molecule has 0 saturated carbocycles. The number of fused-ring (bicyclic) bond motifs is 1. The molecule has 40 heavy (non-hydrogen) atoms. The molecule has 1 heterocycles. The van der Waals surface area contributed by atoms with Gasteiger partial charge in [-0.2, -0.15) is 0 Å². The number of benzene rings is 3. The molecule has 0 atom stereocenters. The smallest absolute Gasteiger partial charge is 0.337 e. The van der Waals surface area contributed by atoms with E-state index >= 15 is 0 Å². The Morgan fingerprint density at radius 1 is 0.950 bits per heavy atom. The molecule has 3 aromatic carbocycles. The monoisotopic (exact) mass is 541 g/mol. The summed E-state index contributed by atoms with van der Waals surface area (Å²) in [5, 5.41) is 11.8. The van der Waals surface area contributed by atoms with E-state index in [9.17, 15) is 14.7 Å². The van der Waals surface area contributed by atoms with Gasteiger partial charge in [0.05, 0.1) is 36.2 Å². The Balaban J connectivity index is 1.78. The lowest BCUT2D eigenvalue weighted by atomic mass is 9.97. The van der Waals surface area contributed by atoms with Gasteiger partial charge in [-0.05, 0) is 75.3 Å². The van der Waals surface area contributed by atoms with Gasteiger partial charge >= 0.3 is 11.9 Å². The highest BCUT2D eigenvalue weighted by molar-refractivity contribution is 6.22. The number of aromatic hydroxyl groups is 1. The van der Waals surface area contributed by atoms with E-state index in [2.05, 4.69) is 22.0 Å². The van der Waals surface area contributed by atoms with Crippen molar-refractivity contribution in [1.82, 2.24) is 9.88 Å². The molecular formula is C32H35N3O5. The fourth-order valence-corrected chi connectivity index (χ4v) is 4.51. The number of H-pyrrole nitrogens is 1. The van der Waals surface area contributed by atoms with Crippen molar-refractivity contribution in [3.05, 3.63) is 94.5 Å². The van der Waals surface area contributed by atoms with Gasteiger partial charge < -0.3 is 24.5 Å². The molecule has 8 heteroatoms. The van der Waals surface area contributed by atoms with E-state index in [1.807, 2.05) is 50.5 Å². The van der Waals surface area contributed by atoms with Crippen LogP contribution in [0.25, 0.3) is 10.9 Å². The number of hydrogen-bond donors (Lipinski definition) is 2. The molecule has 0 aliphatic heterocycles. The summed E-state index contributed by atoms with van der Waals surface area (Å²) in [7, 11) is 5.43. The zero-order valence-corrected chi connectivity index (χ0v) is 23.4. The number of ether oxygens (including phenoxy) is 2. The maximum Gasteiger partial charge on any atom is 0.337 e. The van der Waals surface area contributed by atoms with Crippen molar-refractivity contribution in [2.24, 2.45) is 4.99 Å². The first-order valence-electron chi connectivity index (χ1n) is 13.3. The number of nitrogens with one attached hydrogen (secondary N) is 1. The maximum absolute atomic E-state index is 12.1. The Bertz CT molecular complexity index is 1520. The van der Waals surface area contributed by atoms with Crippen LogP contribution in [-0.4, -0.2) is 67.0 Å². The number of likely N-dealkylation sites (N-methyl/N-ethyl adjacent to an activating group) is 1. The molecule has 0 aliphatic carbocycles. The molecule has 0 unspecified atom stereocenters. The minimum absolute atomic E-state index is 0.0599. The predicted octanol–water partition coefficient (Wildman–Crippen LogP) is 5.43. The fraction of sp³-hybridized carbons (Fsp3) is 0.281. The lowest BCUT2D eigenvalue weighted by Crippen LogP contribution is -2.14. The van der Waals surface area contributed by atoms with Gasteiger partial charge in [0.1, 0.15) is 0 Å². The van der Waals surface area contributed by atoms with Gasteiger partial charge in [0.15, 0.2) is 5.88 Å². The van der Waals surface area contributed by atoms with Crippen LogP contribution in [0.1, 0.15) is 46.0 Å². The molecule has 0 spiro atoms. The third-order valence-electron chi connectivity index (χ3n) is 6.59. The summed E-state index contributed by atoms with van der Waals surface area (Å²) in [6, 6.07) is 20.9. The Morgan fingerprint density at radius 2 is 1.73 bits per heavy atom. The third kappa shape index (κ3) is 6.95. The number of aryl methyl sites for hydroxylation is 1. The fourth-order valence-electron chi connectivity index (χ4n) is 4.51. The molecule has 4 rings (SSSR count). The van der Waals surface area contributed by atoms with Crippen molar-refractivity contribution < 1.29 is 24.2 Å². The van der Waals surface area contributed by atoms with E-state index in [1.54, 1.807) is 25.1 Å². The van der Waals surface area contributed by atoms with Gasteiger partial charge in [0, 0.05) is 29.4 Å². The molecule has 2 N–H and O–H groups in total. The summed E-state index contributed by atoms with van der Waals surface area (Å²) in [6.45, 7) is 3.09. The Morgan fingerprint density at radius 3 is 2.42 bits per heavy atom. The van der Waals surface area contributed by atoms with Gasteiger partial charge in [-0.15, -0.1) is 0 Å². The topological polar surface area (TPSA) is 104 Å². The molecule has 0 radical (unpaired) electrons. The van der Waals surface area contributed by atoms with Crippen molar-refractivity contribution in [2.45, 2.75) is 26.2 Å². The highest BCUT2D eigenvalue weighted by atomic mass is 16.5. The van der Waals surface area contributed by atoms with Crippen molar-refractivity contribution in [2.75, 3.05) is 34.4 Å². The number of esters is 2. The number of aromatic amines is 1. The lowest BCUT2D eigenvalue weighted by molar-refractivity contribution is -0.143. The number of nitrogens with zero attached hydrogens (tertiary/aromatic N) is 2. The molecule has 4 aromatic rings. The molecule has 0 saturated heterocycles. The van der Waals surface area contributed by atoms with E-state index in [1.165, 1.54) is 12.7 Å². The summed E-state index contributed by atoms with van der Waals surface area (Å²) in [5.74, 6) is -0.766. The first-order valence-corrected chi connectivity index (χ1v) is 13.3. The van der Waals surface area contributed by atoms with Gasteiger partial charge in [-0.1, -0.05) is 36.4 Å². The van der Waals surface area contributed by atoms with E-state index in [-0.39, 0.29) is 18.3 Å². The minimum atomic E-state index is -0.463. The first-order chi connectivity index (χ1) is 19.3. The number of carbonyl (C=O) groups is 2. The molecule has 1 aromatic heterocycles. The van der Waals surface area contributed by atoms with Crippen LogP contribution in [-0.2, 0) is 27.1 Å². The quantitative estimate of drug-likeness (QED) is 0.194. The van der Waals surface area contributed by atoms with Gasteiger partial charge in [-0.3, -0.25) is 4.79 Å². The van der Waals surface area contributed by atoms with Crippen LogP contribution in [0.2, 0.25) is 0 Å². The molecule has 0 bridgehead atoms. The molecule has 208 valence electrons. The average Bonchev–Trinajstić information content (AvgIpc) is 3.28. The molecule has 0 amide bonds. The lowest BCUT2D eigenvalue weighted by Gasteiger charge is -2.11. The second-order valence-corrected chi connectivity index (χ2v) is 9.79. The van der Waals surface area contributed by atoms with Crippen molar-refractivity contribution >= 4 is 34.2 Å². The summed E-state index contributed by atoms with van der Waals surface area (Å²) < 4.78 is 9.93. The van der Waals surface area contributed by atoms with Crippen LogP contribution in [0, 0.1) is 0 Å². The van der Waals surface area contributed by atoms with Gasteiger partial charge in [0.2, 0.25) is 0 Å². The number of rotatable bonds is 11. The zero-order chi connectivity index (χ0) is 28.6. The number of hydrogen-bond acceptors (Lipinski definition) is 7. The molecule has 0 aliphatic rings. The highest BCUT2D eigenvalue weighted by Gasteiger charge is 2.20. The normalized spacial score (nSPS) is 11.7. The van der Waals surface area contributed by atoms with E-state index in [4.69, 9.17) is 14.5 Å². The van der Waals surface area contributed by atoms with Crippen LogP contribution in [0.4, 0.5) is 5.69 Å². The number of aromatic nitrogens is 1. The standard InChI is InChI=1S/C32H35N3O5/c1-5-40-28(36)16-11-22-7-6-8-23(19-22)30(33-25-13-9-21(10-14-25)17-18-35(2)3)29-26-15-12-24(32(38)39-4)20-27(26)34-31(29)37/h6-10,12-15,19-20,34,37H,5,11,16-18H2,1-4H3. The molecule has 8 nitrogen and oxygen atoms in total. The third-order valence-corrected chi connectivity index (χ3v) is 6.59. The summed E-state index contributed by atoms with van der Waals surface area (Å²) >= 11 is 0. The number of carbonyl (C=O) groups excluding carboxylic acids is 2. The van der Waals surface area contributed by atoms with Crippen LogP contribution in [0.5, 0.6) is 5.88 Å². The number of methoxy groups -OCH3 is 1. The average molecular weight is 542 g/mol. The van der Waals surface area contributed by atoms with E-state index < -0.39 is 5.97 Å². The Labute approximate surface area is 234 Å². The van der Waals surface area contributed by atoms with Crippen LogP contribution in [0.3, 0.4) is 0 Å². The summed E-state index contributed by atoms with van der Waals surface area (Å²) in [4.78, 5) is 34.2. The Kier molecular flexibility index (Phi) is 9.35. The largest absolute Gasteiger partial charge is 0.494 e. The maximum atomic E-state index is 12.1. The van der Waals surface area contributed by atoms with Gasteiger partial charge in [0.25, 0.3) is 0 Å². The van der Waals surface area contributed by atoms with Crippen LogP contribution < -0.4 is 0 Å². The van der Waals surface area contributed by atoms with Crippen molar-refractivity contribution in [3.8, 4) is 5.88 Å². The van der Waals surface area contributed by atoms with Gasteiger partial charge in [-0.25, -0.2) is 9.79 Å². The van der Waals surface area contributed by atoms with Crippen LogP contribution >= 0.6 is 0 Å². The van der Waals surface area contributed by atoms with Crippen molar-refractivity contribution in [1.29, 1.82) is 0 Å². The predicted molar refractivity (Wildman–Crippen MR) is 157 cm³/mol. The first kappa shape index (κ1) is 28.6. The second-order valence-electron chi connectivity index (χ2n) is 9.79. The van der Waals surface area contributed by atoms with E-state index in [0.717, 1.165) is 29.8 Å². The summed E-state index contributed by atoms with van der Waals surface area (Å²) in [6.07, 6.45) is 1.72. The van der Waals surface area contributed by atoms with E-state index in [0.29, 0.717) is 40.8 Å². The highest BCUT2D eigenvalue weighted by Crippen LogP contribution is 2.32. The number of aliphatic imine (C=N–C) groups is 1. The zero-order valence-electron chi connectivity index (χ0n) is 23.4. The molecular weight excluding hydrogens is 506 g/mol. The minimum Gasteiger partial charge on any atom is -0.494 e. The second kappa shape index (κ2) is 13.1. The summed E-state index contributed by atoms with van der Waals surface area (Å²) in [5.41, 5.74) is 5.71.